The van der Waals surface area contributed by atoms with Crippen LogP contribution < -0.4 is 38.9 Å². The summed E-state index contributed by atoms with van der Waals surface area (Å²) in [7, 11) is 0. The zero-order valence-electron chi connectivity index (χ0n) is 18.6. The van der Waals surface area contributed by atoms with Gasteiger partial charge in [-0.25, -0.2) is 4.79 Å². The summed E-state index contributed by atoms with van der Waals surface area (Å²) in [6.07, 6.45) is -1.24. The summed E-state index contributed by atoms with van der Waals surface area (Å²) in [5.41, 5.74) is 21.0. The van der Waals surface area contributed by atoms with Crippen LogP contribution in [0.5, 0.6) is 0 Å². The second kappa shape index (κ2) is 14.6. The van der Waals surface area contributed by atoms with Gasteiger partial charge in [0.1, 0.15) is 18.1 Å². The Labute approximate surface area is 190 Å². The van der Waals surface area contributed by atoms with Crippen molar-refractivity contribution >= 4 is 35.6 Å². The number of nitrogens with one attached hydrogen (secondary N) is 3. The van der Waals surface area contributed by atoms with Gasteiger partial charge in [0.15, 0.2) is 5.96 Å². The molecule has 0 heterocycles. The fourth-order valence-corrected chi connectivity index (χ4v) is 2.52. The molecule has 0 aliphatic carbocycles. The lowest BCUT2D eigenvalue weighted by Crippen LogP contribution is -2.59. The van der Waals surface area contributed by atoms with Crippen LogP contribution in [-0.4, -0.2) is 82.6 Å². The molecule has 0 fully saturated rings. The number of guanidine groups is 1. The zero-order valence-corrected chi connectivity index (χ0v) is 18.6. The summed E-state index contributed by atoms with van der Waals surface area (Å²) in [6.45, 7) is 2.71. The quantitative estimate of drug-likeness (QED) is 0.0623. The minimum atomic E-state index is -1.46. The maximum atomic E-state index is 12.5. The number of hydrogen-bond acceptors (Lipinski definition) is 8. The van der Waals surface area contributed by atoms with Gasteiger partial charge in [-0.3, -0.25) is 24.2 Å². The Morgan fingerprint density at radius 3 is 2.00 bits per heavy atom. The van der Waals surface area contributed by atoms with Crippen molar-refractivity contribution in [3.8, 4) is 0 Å². The Balaban J connectivity index is 4.93. The first kappa shape index (κ1) is 29.5. The van der Waals surface area contributed by atoms with Gasteiger partial charge >= 0.3 is 5.97 Å². The number of primary amides is 1. The number of nitrogens with zero attached hydrogens (tertiary/aromatic N) is 1. The van der Waals surface area contributed by atoms with Crippen LogP contribution in [0, 0.1) is 0 Å². The van der Waals surface area contributed by atoms with Gasteiger partial charge in [0, 0.05) is 13.0 Å². The molecule has 13 N–H and O–H groups in total. The maximum Gasteiger partial charge on any atom is 0.326 e. The number of carbonyl (C=O) groups excluding carboxylic acids is 4. The average molecular weight is 475 g/mol. The lowest BCUT2D eigenvalue weighted by molar-refractivity contribution is -0.142. The van der Waals surface area contributed by atoms with Gasteiger partial charge in [-0.15, -0.1) is 0 Å². The van der Waals surface area contributed by atoms with Gasteiger partial charge in [-0.05, 0) is 33.1 Å². The van der Waals surface area contributed by atoms with Gasteiger partial charge in [-0.2, -0.15) is 0 Å². The Kier molecular flexibility index (Phi) is 13.0. The minimum absolute atomic E-state index is 0.0358. The van der Waals surface area contributed by atoms with Gasteiger partial charge in [0.05, 0.1) is 12.1 Å². The van der Waals surface area contributed by atoms with Crippen LogP contribution in [0.2, 0.25) is 0 Å². The van der Waals surface area contributed by atoms with Crippen LogP contribution in [0.15, 0.2) is 4.99 Å². The summed E-state index contributed by atoms with van der Waals surface area (Å²) < 4.78 is 0. The van der Waals surface area contributed by atoms with E-state index in [-0.39, 0.29) is 38.2 Å². The number of aliphatic imine (C=N–C) groups is 1. The molecule has 33 heavy (non-hydrogen) atoms. The topological polar surface area (TPSA) is 278 Å². The standard InChI is InChI=1S/C18H34N8O7/c1-8(14(29)25-11(17(32)33)4-3-7-23-18(21)22)24-16(31)13(9(2)27)26-15(30)10(19)5-6-12(20)28/h8-11,13,27H,3-7,19H2,1-2H3,(H2,20,28)(H,24,31)(H,25,29)(H,26,30)(H,32,33)(H4,21,22,23). The summed E-state index contributed by atoms with van der Waals surface area (Å²) in [5, 5.41) is 26.0. The van der Waals surface area contributed by atoms with E-state index in [0.29, 0.717) is 0 Å². The molecule has 0 bridgehead atoms. The minimum Gasteiger partial charge on any atom is -0.480 e. The Bertz CT molecular complexity index is 739. The average Bonchev–Trinajstić information content (AvgIpc) is 2.70. The molecule has 15 heteroatoms. The molecule has 0 rings (SSSR count). The molecule has 4 amide bonds. The van der Waals surface area contributed by atoms with Gasteiger partial charge in [0.2, 0.25) is 23.6 Å². The van der Waals surface area contributed by atoms with Crippen molar-refractivity contribution in [1.29, 1.82) is 0 Å². The van der Waals surface area contributed by atoms with Crippen LogP contribution in [0.3, 0.4) is 0 Å². The van der Waals surface area contributed by atoms with Crippen molar-refractivity contribution in [2.75, 3.05) is 6.54 Å². The highest BCUT2D eigenvalue weighted by Gasteiger charge is 2.30. The first-order valence-corrected chi connectivity index (χ1v) is 10.2. The van der Waals surface area contributed by atoms with E-state index in [2.05, 4.69) is 20.9 Å². The number of aliphatic hydroxyl groups is 1. The molecule has 5 atom stereocenters. The molecule has 0 saturated heterocycles. The first-order valence-electron chi connectivity index (χ1n) is 10.2. The molecule has 0 aliphatic rings. The first-order chi connectivity index (χ1) is 15.3. The molecule has 0 aromatic carbocycles. The summed E-state index contributed by atoms with van der Waals surface area (Å²) in [5.74, 6) is -4.59. The van der Waals surface area contributed by atoms with E-state index < -0.39 is 59.9 Å². The molecule has 15 nitrogen and oxygen atoms in total. The molecule has 188 valence electrons. The summed E-state index contributed by atoms with van der Waals surface area (Å²) in [4.78, 5) is 62.9. The lowest BCUT2D eigenvalue weighted by atomic mass is 10.1. The molecule has 0 aromatic heterocycles. The molecule has 0 aromatic rings. The van der Waals surface area contributed by atoms with E-state index >= 15 is 0 Å². The zero-order chi connectivity index (χ0) is 25.7. The number of aliphatic hydroxyl groups excluding tert-OH is 1. The SMILES string of the molecule is CC(NC(=O)C(NC(=O)C(N)CCC(N)=O)C(C)O)C(=O)NC(CCCN=C(N)N)C(=O)O. The molecular weight excluding hydrogens is 440 g/mol. The largest absolute Gasteiger partial charge is 0.480 e. The number of nitrogens with two attached hydrogens (primary N) is 4. The number of hydrogen-bond donors (Lipinski definition) is 9. The normalized spacial score (nSPS) is 15.2. The second-order valence-corrected chi connectivity index (χ2v) is 7.42. The molecule has 0 aliphatic heterocycles. The van der Waals surface area contributed by atoms with Crippen LogP contribution in [0.25, 0.3) is 0 Å². The van der Waals surface area contributed by atoms with Gasteiger partial charge in [0.25, 0.3) is 0 Å². The highest BCUT2D eigenvalue weighted by atomic mass is 16.4. The van der Waals surface area contributed by atoms with Crippen molar-refractivity contribution in [2.45, 2.75) is 69.8 Å². The fraction of sp³-hybridized carbons (Fsp3) is 0.667. The number of amides is 4. The number of carboxylic acids is 1. The van der Waals surface area contributed by atoms with E-state index in [1.807, 2.05) is 0 Å². The van der Waals surface area contributed by atoms with Crippen LogP contribution >= 0.6 is 0 Å². The van der Waals surface area contributed by atoms with Crippen molar-refractivity contribution in [3.05, 3.63) is 0 Å². The molecular formula is C18H34N8O7. The number of rotatable bonds is 15. The summed E-state index contributed by atoms with van der Waals surface area (Å²) in [6, 6.07) is -5.05. The van der Waals surface area contributed by atoms with Crippen molar-refractivity contribution in [1.82, 2.24) is 16.0 Å². The van der Waals surface area contributed by atoms with Crippen LogP contribution in [0.4, 0.5) is 0 Å². The predicted molar refractivity (Wildman–Crippen MR) is 117 cm³/mol. The smallest absolute Gasteiger partial charge is 0.326 e. The van der Waals surface area contributed by atoms with Gasteiger partial charge in [-0.1, -0.05) is 0 Å². The summed E-state index contributed by atoms with van der Waals surface area (Å²) >= 11 is 0. The van der Waals surface area contributed by atoms with E-state index in [1.165, 1.54) is 13.8 Å². The van der Waals surface area contributed by atoms with E-state index in [4.69, 9.17) is 22.9 Å². The third kappa shape index (κ3) is 12.2. The fourth-order valence-electron chi connectivity index (χ4n) is 2.52. The highest BCUT2D eigenvalue weighted by Crippen LogP contribution is 2.02. The molecule has 0 spiro atoms. The molecule has 5 unspecified atom stereocenters. The monoisotopic (exact) mass is 474 g/mol. The van der Waals surface area contributed by atoms with Gasteiger partial charge < -0.3 is 49.1 Å². The molecule has 0 saturated carbocycles. The van der Waals surface area contributed by atoms with Crippen molar-refractivity contribution < 1.29 is 34.2 Å². The van der Waals surface area contributed by atoms with E-state index in [1.54, 1.807) is 0 Å². The lowest BCUT2D eigenvalue weighted by Gasteiger charge is -2.25. The third-order valence-electron chi connectivity index (χ3n) is 4.41. The van der Waals surface area contributed by atoms with Crippen molar-refractivity contribution in [2.24, 2.45) is 27.9 Å². The van der Waals surface area contributed by atoms with E-state index in [9.17, 15) is 34.2 Å². The van der Waals surface area contributed by atoms with E-state index in [0.717, 1.165) is 0 Å². The maximum absolute atomic E-state index is 12.5. The Morgan fingerprint density at radius 1 is 0.909 bits per heavy atom. The Morgan fingerprint density at radius 2 is 1.52 bits per heavy atom. The predicted octanol–water partition coefficient (Wildman–Crippen LogP) is -4.43. The number of aliphatic carboxylic acids is 1. The van der Waals surface area contributed by atoms with Crippen LogP contribution in [-0.2, 0) is 24.0 Å². The number of carboxylic acid groups (broad SMARTS) is 1. The highest BCUT2D eigenvalue weighted by molar-refractivity contribution is 5.94. The van der Waals surface area contributed by atoms with Crippen LogP contribution in [0.1, 0.15) is 39.5 Å². The third-order valence-corrected chi connectivity index (χ3v) is 4.41. The Hall–Kier alpha value is -3.46. The molecule has 0 radical (unpaired) electrons. The second-order valence-electron chi connectivity index (χ2n) is 7.42. The number of carbonyl (C=O) groups is 5. The van der Waals surface area contributed by atoms with Crippen molar-refractivity contribution in [3.63, 3.8) is 0 Å².